The predicted molar refractivity (Wildman–Crippen MR) is 118 cm³/mol. The van der Waals surface area contributed by atoms with Gasteiger partial charge in [0.2, 0.25) is 0 Å². The Balaban J connectivity index is 1.50. The first kappa shape index (κ1) is 18.7. The molecule has 0 saturated carbocycles. The van der Waals surface area contributed by atoms with Crippen LogP contribution in [-0.2, 0) is 6.42 Å². The van der Waals surface area contributed by atoms with Crippen LogP contribution in [0.25, 0.3) is 22.0 Å². The number of nitrogens with zero attached hydrogens (tertiary/aromatic N) is 1. The van der Waals surface area contributed by atoms with Crippen LogP contribution in [0.4, 0.5) is 4.39 Å². The van der Waals surface area contributed by atoms with Gasteiger partial charge in [-0.15, -0.1) is 6.58 Å². The molecule has 0 N–H and O–H groups in total. The molecule has 0 unspecified atom stereocenters. The molecule has 0 radical (unpaired) electrons. The lowest BCUT2D eigenvalue weighted by Crippen LogP contribution is -1.88. The summed E-state index contributed by atoms with van der Waals surface area (Å²) >= 11 is 0. The van der Waals surface area contributed by atoms with E-state index in [0.29, 0.717) is 0 Å². The van der Waals surface area contributed by atoms with E-state index >= 15 is 0 Å². The molecule has 0 aliphatic rings. The molecular formula is C27H20FN. The van der Waals surface area contributed by atoms with Gasteiger partial charge >= 0.3 is 0 Å². The molecule has 0 aliphatic carbocycles. The zero-order chi connectivity index (χ0) is 20.1. The van der Waals surface area contributed by atoms with E-state index in [0.717, 1.165) is 46.0 Å². The van der Waals surface area contributed by atoms with Crippen LogP contribution in [-0.4, -0.2) is 4.98 Å². The summed E-state index contributed by atoms with van der Waals surface area (Å²) in [6, 6.07) is 22.8. The second-order valence-corrected chi connectivity index (χ2v) is 6.91. The number of aromatic nitrogens is 1. The second kappa shape index (κ2) is 8.54. The Bertz CT molecular complexity index is 1210. The third kappa shape index (κ3) is 4.59. The Morgan fingerprint density at radius 3 is 2.31 bits per heavy atom. The van der Waals surface area contributed by atoms with Gasteiger partial charge in [0.1, 0.15) is 5.82 Å². The third-order valence-corrected chi connectivity index (χ3v) is 4.80. The van der Waals surface area contributed by atoms with Gasteiger partial charge in [-0.25, -0.2) is 4.39 Å². The molecule has 0 spiro atoms. The van der Waals surface area contributed by atoms with Gasteiger partial charge in [0.25, 0.3) is 0 Å². The molecule has 3 aromatic carbocycles. The maximum absolute atomic E-state index is 13.3. The number of rotatable bonds is 4. The van der Waals surface area contributed by atoms with Crippen molar-refractivity contribution in [3.63, 3.8) is 0 Å². The highest BCUT2D eigenvalue weighted by Gasteiger charge is 2.00. The van der Waals surface area contributed by atoms with Gasteiger partial charge in [-0.3, -0.25) is 4.98 Å². The number of fused-ring (bicyclic) bond motifs is 1. The summed E-state index contributed by atoms with van der Waals surface area (Å²) in [5.74, 6) is 6.16. The fraction of sp³-hybridized carbons (Fsp3) is 0.0741. The van der Waals surface area contributed by atoms with Crippen molar-refractivity contribution in [1.29, 1.82) is 0 Å². The molecule has 1 nitrogen and oxygen atoms in total. The minimum atomic E-state index is -0.225. The number of aryl methyl sites for hydroxylation is 1. The highest BCUT2D eigenvalue weighted by molar-refractivity contribution is 5.84. The van der Waals surface area contributed by atoms with Crippen molar-refractivity contribution < 1.29 is 4.39 Å². The molecule has 0 fully saturated rings. The fourth-order valence-corrected chi connectivity index (χ4v) is 3.17. The zero-order valence-electron chi connectivity index (χ0n) is 16.0. The second-order valence-electron chi connectivity index (χ2n) is 6.91. The molecule has 2 heteroatoms. The Morgan fingerprint density at radius 2 is 1.55 bits per heavy atom. The SMILES string of the molecule is C=CCCc1ccc(-c2ccc(C#Cc3ccc4cc(F)ccc4c3)cc2)nc1. The van der Waals surface area contributed by atoms with Crippen LogP contribution in [0.1, 0.15) is 23.1 Å². The molecule has 0 saturated heterocycles. The van der Waals surface area contributed by atoms with Crippen LogP contribution in [0.3, 0.4) is 0 Å². The Hall–Kier alpha value is -3.70. The van der Waals surface area contributed by atoms with Crippen molar-refractivity contribution in [2.24, 2.45) is 0 Å². The molecule has 0 amide bonds. The number of halogens is 1. The molecule has 29 heavy (non-hydrogen) atoms. The average Bonchev–Trinajstić information content (AvgIpc) is 2.77. The summed E-state index contributed by atoms with van der Waals surface area (Å²) in [5.41, 5.74) is 5.09. The highest BCUT2D eigenvalue weighted by Crippen LogP contribution is 2.19. The average molecular weight is 377 g/mol. The lowest BCUT2D eigenvalue weighted by Gasteiger charge is -2.03. The van der Waals surface area contributed by atoms with Gasteiger partial charge in [-0.05, 0) is 71.6 Å². The number of pyridine rings is 1. The Labute approximate surface area is 170 Å². The quantitative estimate of drug-likeness (QED) is 0.290. The zero-order valence-corrected chi connectivity index (χ0v) is 16.0. The van der Waals surface area contributed by atoms with E-state index in [9.17, 15) is 4.39 Å². The van der Waals surface area contributed by atoms with Crippen LogP contribution < -0.4 is 0 Å². The van der Waals surface area contributed by atoms with Crippen LogP contribution in [0.15, 0.2) is 91.6 Å². The van der Waals surface area contributed by atoms with E-state index in [1.54, 1.807) is 6.07 Å². The van der Waals surface area contributed by atoms with Crippen LogP contribution in [0, 0.1) is 17.7 Å². The predicted octanol–water partition coefficient (Wildman–Crippen LogP) is 6.56. The van der Waals surface area contributed by atoms with Crippen molar-refractivity contribution in [3.8, 4) is 23.1 Å². The minimum absolute atomic E-state index is 0.225. The Morgan fingerprint density at radius 1 is 0.828 bits per heavy atom. The molecule has 0 atom stereocenters. The molecule has 0 aliphatic heterocycles. The minimum Gasteiger partial charge on any atom is -0.256 e. The molecule has 4 aromatic rings. The van der Waals surface area contributed by atoms with Crippen molar-refractivity contribution in [2.45, 2.75) is 12.8 Å². The monoisotopic (exact) mass is 377 g/mol. The van der Waals surface area contributed by atoms with Gasteiger partial charge in [-0.1, -0.05) is 48.2 Å². The number of hydrogen-bond donors (Lipinski definition) is 0. The number of allylic oxidation sites excluding steroid dienone is 1. The van der Waals surface area contributed by atoms with E-state index < -0.39 is 0 Å². The lowest BCUT2D eigenvalue weighted by molar-refractivity contribution is 0.630. The largest absolute Gasteiger partial charge is 0.256 e. The van der Waals surface area contributed by atoms with Crippen molar-refractivity contribution in [1.82, 2.24) is 4.98 Å². The Kier molecular flexibility index (Phi) is 5.49. The number of hydrogen-bond acceptors (Lipinski definition) is 1. The van der Waals surface area contributed by atoms with Crippen molar-refractivity contribution >= 4 is 10.8 Å². The van der Waals surface area contributed by atoms with Gasteiger partial charge < -0.3 is 0 Å². The molecule has 1 aromatic heterocycles. The fourth-order valence-electron chi connectivity index (χ4n) is 3.17. The number of benzene rings is 3. The van der Waals surface area contributed by atoms with E-state index in [1.165, 1.54) is 17.7 Å². The van der Waals surface area contributed by atoms with E-state index in [4.69, 9.17) is 0 Å². The molecule has 4 rings (SSSR count). The normalized spacial score (nSPS) is 10.4. The standard InChI is InChI=1S/C27H20FN/c1-2-3-4-22-10-16-27(29-19-22)23-11-7-20(8-12-23)5-6-21-9-13-25-18-26(28)15-14-24(25)17-21/h2,7-19H,1,3-4H2. The topological polar surface area (TPSA) is 12.9 Å². The first-order valence-corrected chi connectivity index (χ1v) is 9.59. The summed E-state index contributed by atoms with van der Waals surface area (Å²) in [6.45, 7) is 3.75. The molecule has 1 heterocycles. The van der Waals surface area contributed by atoms with Gasteiger partial charge in [0, 0.05) is 22.9 Å². The smallest absolute Gasteiger partial charge is 0.123 e. The van der Waals surface area contributed by atoms with Crippen LogP contribution >= 0.6 is 0 Å². The summed E-state index contributed by atoms with van der Waals surface area (Å²) in [6.07, 6.45) is 5.78. The summed E-state index contributed by atoms with van der Waals surface area (Å²) in [7, 11) is 0. The van der Waals surface area contributed by atoms with E-state index in [1.807, 2.05) is 54.7 Å². The molecular weight excluding hydrogens is 357 g/mol. The third-order valence-electron chi connectivity index (χ3n) is 4.80. The summed E-state index contributed by atoms with van der Waals surface area (Å²) in [4.78, 5) is 4.56. The van der Waals surface area contributed by atoms with Crippen LogP contribution in [0.2, 0.25) is 0 Å². The van der Waals surface area contributed by atoms with Gasteiger partial charge in [-0.2, -0.15) is 0 Å². The van der Waals surface area contributed by atoms with Crippen molar-refractivity contribution in [3.05, 3.63) is 114 Å². The van der Waals surface area contributed by atoms with E-state index in [2.05, 4.69) is 35.5 Å². The lowest BCUT2D eigenvalue weighted by atomic mass is 10.1. The maximum Gasteiger partial charge on any atom is 0.123 e. The van der Waals surface area contributed by atoms with Crippen molar-refractivity contribution in [2.75, 3.05) is 0 Å². The highest BCUT2D eigenvalue weighted by atomic mass is 19.1. The first-order valence-electron chi connectivity index (χ1n) is 9.59. The van der Waals surface area contributed by atoms with Gasteiger partial charge in [0.15, 0.2) is 0 Å². The van der Waals surface area contributed by atoms with Crippen LogP contribution in [0.5, 0.6) is 0 Å². The van der Waals surface area contributed by atoms with E-state index in [-0.39, 0.29) is 5.82 Å². The van der Waals surface area contributed by atoms with Gasteiger partial charge in [0.05, 0.1) is 5.69 Å². The molecule has 0 bridgehead atoms. The maximum atomic E-state index is 13.3. The first-order chi connectivity index (χ1) is 14.2. The summed E-state index contributed by atoms with van der Waals surface area (Å²) in [5, 5.41) is 1.86. The molecule has 140 valence electrons. The summed E-state index contributed by atoms with van der Waals surface area (Å²) < 4.78 is 13.3.